The Morgan fingerprint density at radius 3 is 2.46 bits per heavy atom. The summed E-state index contributed by atoms with van der Waals surface area (Å²) in [6.07, 6.45) is -2.95. The van der Waals surface area contributed by atoms with E-state index in [2.05, 4.69) is 21.7 Å². The zero-order chi connectivity index (χ0) is 27.3. The maximum atomic E-state index is 14.2. The molecule has 2 aliphatic carbocycles. The molecule has 39 heavy (non-hydrogen) atoms. The van der Waals surface area contributed by atoms with Gasteiger partial charge in [0.05, 0.1) is 12.0 Å². The average Bonchev–Trinajstić information content (AvgIpc) is 3.53. The highest BCUT2D eigenvalue weighted by molar-refractivity contribution is 5.79. The summed E-state index contributed by atoms with van der Waals surface area (Å²) >= 11 is 0. The van der Waals surface area contributed by atoms with Crippen molar-refractivity contribution >= 4 is 5.97 Å². The summed E-state index contributed by atoms with van der Waals surface area (Å²) in [5.41, 5.74) is 2.18. The van der Waals surface area contributed by atoms with Gasteiger partial charge >= 0.3 is 12.1 Å². The zero-order valence-corrected chi connectivity index (χ0v) is 20.3. The van der Waals surface area contributed by atoms with Crippen molar-refractivity contribution < 1.29 is 32.1 Å². The van der Waals surface area contributed by atoms with Gasteiger partial charge in [-0.05, 0) is 36.8 Å². The summed E-state index contributed by atoms with van der Waals surface area (Å²) in [6.45, 7) is 0. The van der Waals surface area contributed by atoms with Crippen LogP contribution in [-0.4, -0.2) is 27.4 Å². The minimum absolute atomic E-state index is 0.0537. The average molecular weight is 534 g/mol. The predicted molar refractivity (Wildman–Crippen MR) is 131 cm³/mol. The number of hydrogen-bond donors (Lipinski definition) is 2. The number of halogens is 3. The number of nitrogens with one attached hydrogen (secondary N) is 1. The van der Waals surface area contributed by atoms with Gasteiger partial charge in [0.25, 0.3) is 0 Å². The molecule has 0 amide bonds. The van der Waals surface area contributed by atoms with Crippen LogP contribution in [0, 0.1) is 17.2 Å². The van der Waals surface area contributed by atoms with E-state index in [0.717, 1.165) is 11.1 Å². The molecular formula is C28H21F3N4O4. The number of carboxylic acids is 1. The van der Waals surface area contributed by atoms with Crippen LogP contribution in [0.4, 0.5) is 13.2 Å². The van der Waals surface area contributed by atoms with Crippen LogP contribution in [0.15, 0.2) is 57.6 Å². The summed E-state index contributed by atoms with van der Waals surface area (Å²) in [7, 11) is 0. The van der Waals surface area contributed by atoms with Crippen LogP contribution >= 0.6 is 0 Å². The third-order valence-corrected chi connectivity index (χ3v) is 7.40. The first-order valence-electron chi connectivity index (χ1n) is 12.4. The van der Waals surface area contributed by atoms with Gasteiger partial charge in [-0.15, -0.1) is 0 Å². The fraction of sp³-hybridized carbons (Fsp3) is 0.286. The van der Waals surface area contributed by atoms with Crippen molar-refractivity contribution in [3.63, 3.8) is 0 Å². The lowest BCUT2D eigenvalue weighted by atomic mass is 9.79. The van der Waals surface area contributed by atoms with E-state index in [4.69, 9.17) is 14.2 Å². The number of aromatic nitrogens is 2. The number of benzene rings is 2. The first-order chi connectivity index (χ1) is 18.7. The number of hydrogen-bond acceptors (Lipinski definition) is 7. The molecule has 11 heteroatoms. The Kier molecular flexibility index (Phi) is 5.99. The van der Waals surface area contributed by atoms with Gasteiger partial charge in [-0.1, -0.05) is 58.8 Å². The highest BCUT2D eigenvalue weighted by Gasteiger charge is 2.43. The minimum atomic E-state index is -4.74. The second kappa shape index (κ2) is 9.39. The molecule has 1 fully saturated rings. The molecule has 2 heterocycles. The number of carboxylic acid groups (broad SMARTS) is 1. The number of alkyl halides is 3. The number of nitriles is 1. The molecule has 6 rings (SSSR count). The molecule has 0 bridgehead atoms. The van der Waals surface area contributed by atoms with Gasteiger partial charge in [-0.25, -0.2) is 0 Å². The first kappa shape index (κ1) is 24.9. The van der Waals surface area contributed by atoms with Crippen molar-refractivity contribution in [2.75, 3.05) is 0 Å². The lowest BCUT2D eigenvalue weighted by Gasteiger charge is -2.34. The predicted octanol–water partition coefficient (Wildman–Crippen LogP) is 5.80. The fourth-order valence-electron chi connectivity index (χ4n) is 5.32. The standard InChI is InChI=1S/C28H21F3N4O4/c29-28(30,31)22-23(14-4-2-1-3-5-14)34-39-26(22)25-20-9-6-15-10-16(7-8-19(15)24(20)35-38-25)21(13-32)33-18-11-17(12-18)27(36)37/h1-5,7-8,10,17-18,21,33H,6,9,11-12H2,(H,36,37). The fourth-order valence-corrected chi connectivity index (χ4v) is 5.32. The molecule has 4 aromatic rings. The van der Waals surface area contributed by atoms with Gasteiger partial charge in [0.1, 0.15) is 23.0 Å². The Bertz CT molecular complexity index is 1600. The molecule has 2 aromatic heterocycles. The van der Waals surface area contributed by atoms with Gasteiger partial charge in [0, 0.05) is 22.7 Å². The van der Waals surface area contributed by atoms with Crippen LogP contribution in [-0.2, 0) is 23.8 Å². The van der Waals surface area contributed by atoms with Crippen molar-refractivity contribution in [2.24, 2.45) is 5.92 Å². The number of aryl methyl sites for hydroxylation is 1. The molecular weight excluding hydrogens is 513 g/mol. The van der Waals surface area contributed by atoms with Crippen LogP contribution in [0.2, 0.25) is 0 Å². The van der Waals surface area contributed by atoms with Gasteiger partial charge in [0.15, 0.2) is 0 Å². The first-order valence-corrected chi connectivity index (χ1v) is 12.4. The van der Waals surface area contributed by atoms with E-state index in [1.165, 1.54) is 12.1 Å². The molecule has 1 atom stereocenters. The number of aliphatic carboxylic acids is 1. The Balaban J connectivity index is 1.31. The maximum Gasteiger partial charge on any atom is 0.422 e. The Labute approximate surface area is 220 Å². The SMILES string of the molecule is N#CC(NC1CC(C(=O)O)C1)c1ccc2c(c1)CCc1c-2noc1-c1onc(-c2ccccc2)c1C(F)(F)F. The van der Waals surface area contributed by atoms with Crippen molar-refractivity contribution in [1.29, 1.82) is 5.26 Å². The number of nitrogens with zero attached hydrogens (tertiary/aromatic N) is 3. The van der Waals surface area contributed by atoms with Crippen LogP contribution in [0.3, 0.4) is 0 Å². The van der Waals surface area contributed by atoms with E-state index in [1.54, 1.807) is 30.3 Å². The van der Waals surface area contributed by atoms with Gasteiger partial charge in [0.2, 0.25) is 11.5 Å². The largest absolute Gasteiger partial charge is 0.481 e. The van der Waals surface area contributed by atoms with E-state index in [1.807, 2.05) is 6.07 Å². The zero-order valence-electron chi connectivity index (χ0n) is 20.3. The van der Waals surface area contributed by atoms with Crippen LogP contribution in [0.25, 0.3) is 34.0 Å². The normalized spacial score (nSPS) is 18.9. The highest BCUT2D eigenvalue weighted by Crippen LogP contribution is 2.47. The lowest BCUT2D eigenvalue weighted by Crippen LogP contribution is -2.45. The van der Waals surface area contributed by atoms with Crippen LogP contribution in [0.1, 0.15) is 41.1 Å². The van der Waals surface area contributed by atoms with E-state index in [-0.39, 0.29) is 23.1 Å². The lowest BCUT2D eigenvalue weighted by molar-refractivity contribution is -0.145. The van der Waals surface area contributed by atoms with Gasteiger partial charge in [-0.2, -0.15) is 18.4 Å². The summed E-state index contributed by atoms with van der Waals surface area (Å²) in [6, 6.07) is 15.0. The van der Waals surface area contributed by atoms with Crippen molar-refractivity contribution in [3.8, 4) is 40.1 Å². The Morgan fingerprint density at radius 1 is 1.05 bits per heavy atom. The molecule has 0 spiro atoms. The summed E-state index contributed by atoms with van der Waals surface area (Å²) in [5, 5.41) is 29.9. The van der Waals surface area contributed by atoms with E-state index in [9.17, 15) is 23.2 Å². The van der Waals surface area contributed by atoms with E-state index in [0.29, 0.717) is 42.5 Å². The summed E-state index contributed by atoms with van der Waals surface area (Å²) in [5.74, 6) is -1.83. The van der Waals surface area contributed by atoms with Crippen LogP contribution in [0.5, 0.6) is 0 Å². The van der Waals surface area contributed by atoms with E-state index >= 15 is 0 Å². The highest BCUT2D eigenvalue weighted by atomic mass is 19.4. The number of carbonyl (C=O) groups is 1. The Morgan fingerprint density at radius 2 is 1.77 bits per heavy atom. The third-order valence-electron chi connectivity index (χ3n) is 7.40. The number of fused-ring (bicyclic) bond motifs is 3. The smallest absolute Gasteiger partial charge is 0.422 e. The Hall–Kier alpha value is -4.43. The molecule has 1 saturated carbocycles. The maximum absolute atomic E-state index is 14.2. The van der Waals surface area contributed by atoms with Crippen molar-refractivity contribution in [2.45, 2.75) is 43.9 Å². The van der Waals surface area contributed by atoms with Crippen molar-refractivity contribution in [1.82, 2.24) is 15.6 Å². The monoisotopic (exact) mass is 534 g/mol. The molecule has 8 nitrogen and oxygen atoms in total. The quantitative estimate of drug-likeness (QED) is 0.318. The second-order valence-corrected chi connectivity index (χ2v) is 9.79. The van der Waals surface area contributed by atoms with E-state index < -0.39 is 35.4 Å². The molecule has 198 valence electrons. The van der Waals surface area contributed by atoms with Gasteiger partial charge in [-0.3, -0.25) is 10.1 Å². The third kappa shape index (κ3) is 4.36. The molecule has 0 aliphatic heterocycles. The molecule has 2 N–H and O–H groups in total. The van der Waals surface area contributed by atoms with Crippen molar-refractivity contribution in [3.05, 3.63) is 70.8 Å². The summed E-state index contributed by atoms with van der Waals surface area (Å²) < 4.78 is 53.3. The molecule has 1 unspecified atom stereocenters. The molecule has 2 aliphatic rings. The number of rotatable bonds is 6. The molecule has 0 saturated heterocycles. The molecule has 0 radical (unpaired) electrons. The topological polar surface area (TPSA) is 125 Å². The second-order valence-electron chi connectivity index (χ2n) is 9.79. The van der Waals surface area contributed by atoms with Crippen LogP contribution < -0.4 is 5.32 Å². The molecule has 2 aromatic carbocycles. The minimum Gasteiger partial charge on any atom is -0.481 e. The van der Waals surface area contributed by atoms with Gasteiger partial charge < -0.3 is 14.2 Å². The summed E-state index contributed by atoms with van der Waals surface area (Å²) in [4.78, 5) is 11.1.